The van der Waals surface area contributed by atoms with Gasteiger partial charge in [0.05, 0.1) is 23.1 Å². The summed E-state index contributed by atoms with van der Waals surface area (Å²) in [6, 6.07) is 4.38. The van der Waals surface area contributed by atoms with Crippen molar-refractivity contribution in [3.8, 4) is 5.75 Å². The van der Waals surface area contributed by atoms with Gasteiger partial charge in [-0.3, -0.25) is 4.79 Å². The van der Waals surface area contributed by atoms with Gasteiger partial charge in [-0.05, 0) is 58.1 Å². The molecule has 1 aromatic carbocycles. The number of hydrogen-bond acceptors (Lipinski definition) is 5. The zero-order valence-electron chi connectivity index (χ0n) is 15.4. The molecule has 0 bridgehead atoms. The molecular weight excluding hydrogens is 378 g/mol. The fourth-order valence-electron chi connectivity index (χ4n) is 2.81. The van der Waals surface area contributed by atoms with Gasteiger partial charge in [0.1, 0.15) is 5.75 Å². The maximum atomic E-state index is 12.7. The van der Waals surface area contributed by atoms with E-state index >= 15 is 0 Å². The summed E-state index contributed by atoms with van der Waals surface area (Å²) in [5.74, 6) is 0.124. The molecule has 1 fully saturated rings. The first-order chi connectivity index (χ1) is 12.2. The minimum absolute atomic E-state index is 0.0283. The number of amides is 1. The predicted molar refractivity (Wildman–Crippen MR) is 101 cm³/mol. The molecule has 1 N–H and O–H groups in total. The second-order valence-electron chi connectivity index (χ2n) is 6.43. The summed E-state index contributed by atoms with van der Waals surface area (Å²) in [5, 5.41) is 3.13. The van der Waals surface area contributed by atoms with Gasteiger partial charge in [0.25, 0.3) is 0 Å². The molecule has 1 aromatic rings. The first-order valence-corrected chi connectivity index (χ1v) is 10.4. The maximum Gasteiger partial charge on any atom is 0.243 e. The molecule has 1 amide bonds. The van der Waals surface area contributed by atoms with Crippen LogP contribution in [0.15, 0.2) is 23.1 Å². The average Bonchev–Trinajstić information content (AvgIpc) is 2.58. The second kappa shape index (κ2) is 9.03. The van der Waals surface area contributed by atoms with Gasteiger partial charge in [-0.25, -0.2) is 8.42 Å². The molecule has 0 atom stereocenters. The smallest absolute Gasteiger partial charge is 0.243 e. The van der Waals surface area contributed by atoms with E-state index in [1.165, 1.54) is 25.2 Å². The molecule has 146 valence electrons. The predicted octanol–water partition coefficient (Wildman–Crippen LogP) is 1.57. The average molecular weight is 404 g/mol. The van der Waals surface area contributed by atoms with E-state index < -0.39 is 10.0 Å². The normalized spacial score (nSPS) is 16.7. The fourth-order valence-corrected chi connectivity index (χ4v) is 4.26. The van der Waals surface area contributed by atoms with Crippen LogP contribution >= 0.6 is 11.6 Å². The Labute approximate surface area is 160 Å². The highest BCUT2D eigenvalue weighted by Gasteiger charge is 2.25. The van der Waals surface area contributed by atoms with Crippen LogP contribution in [0.2, 0.25) is 5.02 Å². The van der Waals surface area contributed by atoms with Crippen molar-refractivity contribution in [1.29, 1.82) is 0 Å². The highest BCUT2D eigenvalue weighted by molar-refractivity contribution is 7.89. The van der Waals surface area contributed by atoms with Crippen LogP contribution < -0.4 is 10.1 Å². The Balaban J connectivity index is 1.99. The number of likely N-dealkylation sites (tertiary alicyclic amines) is 1. The Kier molecular flexibility index (Phi) is 7.28. The third-order valence-electron chi connectivity index (χ3n) is 4.36. The van der Waals surface area contributed by atoms with Crippen molar-refractivity contribution in [1.82, 2.24) is 14.5 Å². The van der Waals surface area contributed by atoms with Crippen molar-refractivity contribution in [3.63, 3.8) is 0 Å². The number of hydrogen-bond donors (Lipinski definition) is 1. The summed E-state index contributed by atoms with van der Waals surface area (Å²) in [7, 11) is -0.389. The number of likely N-dealkylation sites (N-methyl/N-ethyl adjacent to an activating group) is 1. The summed E-state index contributed by atoms with van der Waals surface area (Å²) in [5.41, 5.74) is 0. The van der Waals surface area contributed by atoms with Crippen LogP contribution in [0, 0.1) is 0 Å². The lowest BCUT2D eigenvalue weighted by molar-refractivity contribution is -0.122. The molecule has 0 aromatic heterocycles. The number of nitrogens with one attached hydrogen (secondary N) is 1. The minimum Gasteiger partial charge on any atom is -0.492 e. The van der Waals surface area contributed by atoms with E-state index in [-0.39, 0.29) is 28.4 Å². The van der Waals surface area contributed by atoms with Gasteiger partial charge in [0, 0.05) is 13.1 Å². The summed E-state index contributed by atoms with van der Waals surface area (Å²) < 4.78 is 31.7. The molecule has 0 saturated carbocycles. The van der Waals surface area contributed by atoms with Crippen molar-refractivity contribution in [2.45, 2.75) is 30.7 Å². The third-order valence-corrected chi connectivity index (χ3v) is 6.46. The van der Waals surface area contributed by atoms with Crippen molar-refractivity contribution in [3.05, 3.63) is 23.2 Å². The molecule has 0 radical (unpaired) electrons. The van der Waals surface area contributed by atoms with E-state index in [4.69, 9.17) is 16.3 Å². The highest BCUT2D eigenvalue weighted by Crippen LogP contribution is 2.28. The van der Waals surface area contributed by atoms with Crippen molar-refractivity contribution < 1.29 is 17.9 Å². The standard InChI is InChI=1S/C17H26ClN3O4S/c1-4-25-16-6-5-14(11-15(16)18)26(23,24)21(3)12-17(22)19-13-7-9-20(2)10-8-13/h5-6,11,13H,4,7-10,12H2,1-3H3,(H,19,22). The number of benzene rings is 1. The largest absolute Gasteiger partial charge is 0.492 e. The van der Waals surface area contributed by atoms with E-state index in [0.29, 0.717) is 12.4 Å². The number of carbonyl (C=O) groups excluding carboxylic acids is 1. The number of nitrogens with zero attached hydrogens (tertiary/aromatic N) is 2. The van der Waals surface area contributed by atoms with Crippen molar-refractivity contribution >= 4 is 27.5 Å². The molecule has 0 spiro atoms. The lowest BCUT2D eigenvalue weighted by Gasteiger charge is -2.30. The topological polar surface area (TPSA) is 79.0 Å². The van der Waals surface area contributed by atoms with Crippen LogP contribution in [0.4, 0.5) is 0 Å². The Bertz CT molecular complexity index is 734. The van der Waals surface area contributed by atoms with Crippen LogP contribution in [0.1, 0.15) is 19.8 Å². The molecule has 1 saturated heterocycles. The molecule has 0 unspecified atom stereocenters. The number of rotatable bonds is 7. The summed E-state index contributed by atoms with van der Waals surface area (Å²) in [4.78, 5) is 14.4. The number of halogens is 1. The van der Waals surface area contributed by atoms with Gasteiger partial charge in [-0.1, -0.05) is 11.6 Å². The lowest BCUT2D eigenvalue weighted by Crippen LogP contribution is -2.46. The van der Waals surface area contributed by atoms with Gasteiger partial charge in [0.2, 0.25) is 15.9 Å². The fraction of sp³-hybridized carbons (Fsp3) is 0.588. The van der Waals surface area contributed by atoms with Gasteiger partial charge in [-0.2, -0.15) is 4.31 Å². The van der Waals surface area contributed by atoms with Crippen molar-refractivity contribution in [2.24, 2.45) is 0 Å². The van der Waals surface area contributed by atoms with E-state index in [9.17, 15) is 13.2 Å². The first kappa shape index (κ1) is 21.0. The van der Waals surface area contributed by atoms with E-state index in [1.807, 2.05) is 14.0 Å². The van der Waals surface area contributed by atoms with Crippen LogP contribution in [0.3, 0.4) is 0 Å². The van der Waals surface area contributed by atoms with Gasteiger partial charge >= 0.3 is 0 Å². The molecule has 26 heavy (non-hydrogen) atoms. The lowest BCUT2D eigenvalue weighted by atomic mass is 10.1. The molecule has 7 nitrogen and oxygen atoms in total. The summed E-state index contributed by atoms with van der Waals surface area (Å²) >= 11 is 6.07. The minimum atomic E-state index is -3.81. The summed E-state index contributed by atoms with van der Waals surface area (Å²) in [6.07, 6.45) is 1.74. The van der Waals surface area contributed by atoms with E-state index in [1.54, 1.807) is 0 Å². The first-order valence-electron chi connectivity index (χ1n) is 8.60. The third kappa shape index (κ3) is 5.33. The van der Waals surface area contributed by atoms with Crippen LogP contribution in [-0.4, -0.2) is 69.9 Å². The number of ether oxygens (including phenoxy) is 1. The quantitative estimate of drug-likeness (QED) is 0.747. The molecular formula is C17H26ClN3O4S. The molecule has 1 aliphatic heterocycles. The Morgan fingerprint density at radius 1 is 1.38 bits per heavy atom. The zero-order valence-corrected chi connectivity index (χ0v) is 16.9. The Morgan fingerprint density at radius 2 is 2.04 bits per heavy atom. The maximum absolute atomic E-state index is 12.7. The van der Waals surface area contributed by atoms with Gasteiger partial charge < -0.3 is 15.0 Å². The molecule has 2 rings (SSSR count). The Hall–Kier alpha value is -1.35. The van der Waals surface area contributed by atoms with Crippen LogP contribution in [0.25, 0.3) is 0 Å². The van der Waals surface area contributed by atoms with Gasteiger partial charge in [0.15, 0.2) is 0 Å². The number of sulfonamides is 1. The Morgan fingerprint density at radius 3 is 2.62 bits per heavy atom. The number of piperidine rings is 1. The molecule has 9 heteroatoms. The summed E-state index contributed by atoms with van der Waals surface area (Å²) in [6.45, 7) is 3.85. The van der Waals surface area contributed by atoms with Crippen molar-refractivity contribution in [2.75, 3.05) is 40.3 Å². The zero-order chi connectivity index (χ0) is 19.3. The molecule has 1 aliphatic rings. The van der Waals surface area contributed by atoms with E-state index in [0.717, 1.165) is 30.2 Å². The van der Waals surface area contributed by atoms with Crippen LogP contribution in [-0.2, 0) is 14.8 Å². The van der Waals surface area contributed by atoms with E-state index in [2.05, 4.69) is 10.2 Å². The SMILES string of the molecule is CCOc1ccc(S(=O)(=O)N(C)CC(=O)NC2CCN(C)CC2)cc1Cl. The van der Waals surface area contributed by atoms with Crippen LogP contribution in [0.5, 0.6) is 5.75 Å². The molecule has 0 aliphatic carbocycles. The van der Waals surface area contributed by atoms with Gasteiger partial charge in [-0.15, -0.1) is 0 Å². The highest BCUT2D eigenvalue weighted by atomic mass is 35.5. The molecule has 1 heterocycles. The second-order valence-corrected chi connectivity index (χ2v) is 8.88. The number of carbonyl (C=O) groups is 1. The monoisotopic (exact) mass is 403 g/mol.